The van der Waals surface area contributed by atoms with E-state index in [1.807, 2.05) is 44.6 Å². The molecular formula is C14H17N5. The topological polar surface area (TPSA) is 66.5 Å². The largest absolute Gasteiger partial charge is 0.366 e. The molecule has 0 aromatic carbocycles. The van der Waals surface area contributed by atoms with Crippen LogP contribution < -0.4 is 5.32 Å². The summed E-state index contributed by atoms with van der Waals surface area (Å²) in [6.45, 7) is 6.57. The third-order valence-electron chi connectivity index (χ3n) is 3.31. The van der Waals surface area contributed by atoms with E-state index in [4.69, 9.17) is 5.26 Å². The first-order valence-electron chi connectivity index (χ1n) is 6.13. The van der Waals surface area contributed by atoms with Gasteiger partial charge in [0.15, 0.2) is 0 Å². The number of nitrogens with zero attached hydrogens (tertiary/aromatic N) is 4. The number of hydrogen-bond donors (Lipinski definition) is 1. The van der Waals surface area contributed by atoms with Crippen molar-refractivity contribution in [2.45, 2.75) is 27.3 Å². The normalized spacial score (nSPS) is 10.3. The van der Waals surface area contributed by atoms with Crippen LogP contribution in [0.4, 0.5) is 5.82 Å². The maximum atomic E-state index is 8.97. The molecule has 0 fully saturated rings. The highest BCUT2D eigenvalue weighted by Gasteiger charge is 2.09. The average Bonchev–Trinajstić information content (AvgIpc) is 2.63. The fourth-order valence-corrected chi connectivity index (χ4v) is 1.99. The second-order valence-electron chi connectivity index (χ2n) is 4.60. The van der Waals surface area contributed by atoms with Crippen molar-refractivity contribution in [3.63, 3.8) is 0 Å². The van der Waals surface area contributed by atoms with Gasteiger partial charge in [-0.3, -0.25) is 4.68 Å². The van der Waals surface area contributed by atoms with Crippen LogP contribution in [-0.4, -0.2) is 14.8 Å². The Morgan fingerprint density at radius 1 is 1.32 bits per heavy atom. The Kier molecular flexibility index (Phi) is 3.52. The highest BCUT2D eigenvalue weighted by molar-refractivity contribution is 5.43. The van der Waals surface area contributed by atoms with Gasteiger partial charge in [0.2, 0.25) is 0 Å². The molecule has 0 bridgehead atoms. The zero-order chi connectivity index (χ0) is 14.0. The molecule has 0 spiro atoms. The maximum absolute atomic E-state index is 8.97. The van der Waals surface area contributed by atoms with Gasteiger partial charge in [-0.25, -0.2) is 4.98 Å². The van der Waals surface area contributed by atoms with E-state index in [9.17, 15) is 0 Å². The van der Waals surface area contributed by atoms with E-state index in [2.05, 4.69) is 21.5 Å². The summed E-state index contributed by atoms with van der Waals surface area (Å²) < 4.78 is 1.87. The van der Waals surface area contributed by atoms with Gasteiger partial charge < -0.3 is 5.32 Å². The van der Waals surface area contributed by atoms with E-state index in [1.54, 1.807) is 0 Å². The number of hydrogen-bond acceptors (Lipinski definition) is 4. The number of anilines is 1. The summed E-state index contributed by atoms with van der Waals surface area (Å²) in [6, 6.07) is 5.88. The molecule has 5 heteroatoms. The van der Waals surface area contributed by atoms with E-state index >= 15 is 0 Å². The van der Waals surface area contributed by atoms with Crippen molar-refractivity contribution in [1.82, 2.24) is 14.8 Å². The highest BCUT2D eigenvalue weighted by atomic mass is 15.3. The third kappa shape index (κ3) is 2.58. The molecule has 5 nitrogen and oxygen atoms in total. The number of aryl methyl sites for hydroxylation is 3. The number of aromatic nitrogens is 3. The SMILES string of the molecule is Cc1ccc(NCc2c(C)nn(C)c2C)nc1C#N. The summed E-state index contributed by atoms with van der Waals surface area (Å²) in [7, 11) is 1.93. The van der Waals surface area contributed by atoms with Crippen molar-refractivity contribution >= 4 is 5.82 Å². The molecule has 2 aromatic heterocycles. The minimum absolute atomic E-state index is 0.463. The molecule has 0 saturated carbocycles. The zero-order valence-corrected chi connectivity index (χ0v) is 11.7. The second kappa shape index (κ2) is 5.11. The minimum Gasteiger partial charge on any atom is -0.366 e. The van der Waals surface area contributed by atoms with Gasteiger partial charge >= 0.3 is 0 Å². The number of pyridine rings is 1. The molecule has 0 atom stereocenters. The molecular weight excluding hydrogens is 238 g/mol. The van der Waals surface area contributed by atoms with Gasteiger partial charge in [0, 0.05) is 24.8 Å². The van der Waals surface area contributed by atoms with Crippen LogP contribution in [-0.2, 0) is 13.6 Å². The van der Waals surface area contributed by atoms with Gasteiger partial charge in [-0.05, 0) is 32.4 Å². The van der Waals surface area contributed by atoms with Crippen molar-refractivity contribution < 1.29 is 0 Å². The Labute approximate surface area is 112 Å². The van der Waals surface area contributed by atoms with Crippen LogP contribution in [0.3, 0.4) is 0 Å². The Balaban J connectivity index is 2.17. The molecule has 0 unspecified atom stereocenters. The van der Waals surface area contributed by atoms with Gasteiger partial charge in [-0.1, -0.05) is 6.07 Å². The predicted octanol–water partition coefficient (Wildman–Crippen LogP) is 2.22. The van der Waals surface area contributed by atoms with Gasteiger partial charge in [0.25, 0.3) is 0 Å². The summed E-state index contributed by atoms with van der Waals surface area (Å²) in [5.74, 6) is 0.713. The predicted molar refractivity (Wildman–Crippen MR) is 73.7 cm³/mol. The first kappa shape index (κ1) is 13.1. The number of nitrogens with one attached hydrogen (secondary N) is 1. The monoisotopic (exact) mass is 255 g/mol. The van der Waals surface area contributed by atoms with E-state index in [0.29, 0.717) is 18.1 Å². The van der Waals surface area contributed by atoms with Crippen LogP contribution in [0.5, 0.6) is 0 Å². The molecule has 0 saturated heterocycles. The standard InChI is InChI=1S/C14H17N5/c1-9-5-6-14(17-13(9)7-15)16-8-12-10(2)18-19(4)11(12)3/h5-6H,8H2,1-4H3,(H,16,17). The quantitative estimate of drug-likeness (QED) is 0.913. The summed E-state index contributed by atoms with van der Waals surface area (Å²) >= 11 is 0. The fourth-order valence-electron chi connectivity index (χ4n) is 1.99. The number of nitriles is 1. The van der Waals surface area contributed by atoms with Crippen LogP contribution in [0.2, 0.25) is 0 Å². The molecule has 0 radical (unpaired) electrons. The van der Waals surface area contributed by atoms with Crippen molar-refractivity contribution in [1.29, 1.82) is 5.26 Å². The lowest BCUT2D eigenvalue weighted by molar-refractivity contribution is 0.730. The van der Waals surface area contributed by atoms with Crippen LogP contribution in [0, 0.1) is 32.1 Å². The van der Waals surface area contributed by atoms with E-state index in [0.717, 1.165) is 17.0 Å². The molecule has 0 amide bonds. The second-order valence-corrected chi connectivity index (χ2v) is 4.60. The average molecular weight is 255 g/mol. The van der Waals surface area contributed by atoms with Crippen molar-refractivity contribution in [3.05, 3.63) is 40.3 Å². The van der Waals surface area contributed by atoms with Gasteiger partial charge in [0.05, 0.1) is 5.69 Å². The molecule has 0 aliphatic heterocycles. The smallest absolute Gasteiger partial charge is 0.145 e. The van der Waals surface area contributed by atoms with Gasteiger partial charge in [-0.2, -0.15) is 10.4 Å². The molecule has 98 valence electrons. The number of rotatable bonds is 3. The lowest BCUT2D eigenvalue weighted by Gasteiger charge is -2.07. The molecule has 1 N–H and O–H groups in total. The van der Waals surface area contributed by atoms with Crippen molar-refractivity contribution in [3.8, 4) is 6.07 Å². The van der Waals surface area contributed by atoms with Gasteiger partial charge in [-0.15, -0.1) is 0 Å². The summed E-state index contributed by atoms with van der Waals surface area (Å²) in [5.41, 5.74) is 4.67. The molecule has 0 aliphatic rings. The Morgan fingerprint density at radius 3 is 2.63 bits per heavy atom. The van der Waals surface area contributed by atoms with Crippen LogP contribution in [0.25, 0.3) is 0 Å². The third-order valence-corrected chi connectivity index (χ3v) is 3.31. The Morgan fingerprint density at radius 2 is 2.05 bits per heavy atom. The molecule has 2 rings (SSSR count). The summed E-state index contributed by atoms with van der Waals surface area (Å²) in [5, 5.41) is 16.6. The first-order chi connectivity index (χ1) is 9.02. The lowest BCUT2D eigenvalue weighted by atomic mass is 10.2. The molecule has 2 aromatic rings. The summed E-state index contributed by atoms with van der Waals surface area (Å²) in [6.07, 6.45) is 0. The minimum atomic E-state index is 0.463. The fraction of sp³-hybridized carbons (Fsp3) is 0.357. The van der Waals surface area contributed by atoms with Crippen LogP contribution in [0.15, 0.2) is 12.1 Å². The van der Waals surface area contributed by atoms with Gasteiger partial charge in [0.1, 0.15) is 17.6 Å². The zero-order valence-electron chi connectivity index (χ0n) is 11.7. The van der Waals surface area contributed by atoms with Crippen LogP contribution >= 0.6 is 0 Å². The van der Waals surface area contributed by atoms with E-state index < -0.39 is 0 Å². The van der Waals surface area contributed by atoms with Crippen LogP contribution in [0.1, 0.15) is 28.2 Å². The summed E-state index contributed by atoms with van der Waals surface area (Å²) in [4.78, 5) is 4.27. The first-order valence-corrected chi connectivity index (χ1v) is 6.13. The van der Waals surface area contributed by atoms with Crippen molar-refractivity contribution in [2.24, 2.45) is 7.05 Å². The molecule has 19 heavy (non-hydrogen) atoms. The Hall–Kier alpha value is -2.35. The lowest BCUT2D eigenvalue weighted by Crippen LogP contribution is -2.05. The maximum Gasteiger partial charge on any atom is 0.145 e. The van der Waals surface area contributed by atoms with E-state index in [-0.39, 0.29) is 0 Å². The van der Waals surface area contributed by atoms with E-state index in [1.165, 1.54) is 5.56 Å². The molecule has 0 aliphatic carbocycles. The van der Waals surface area contributed by atoms with Crippen molar-refractivity contribution in [2.75, 3.05) is 5.32 Å². The highest BCUT2D eigenvalue weighted by Crippen LogP contribution is 2.15. The Bertz CT molecular complexity index is 649. The molecule has 2 heterocycles.